The van der Waals surface area contributed by atoms with Gasteiger partial charge >= 0.3 is 0 Å². The number of halogens is 1. The zero-order chi connectivity index (χ0) is 15.4. The van der Waals surface area contributed by atoms with Gasteiger partial charge in [0.1, 0.15) is 0 Å². The van der Waals surface area contributed by atoms with Crippen molar-refractivity contribution >= 4 is 11.6 Å². The van der Waals surface area contributed by atoms with E-state index >= 15 is 0 Å². The lowest BCUT2D eigenvalue weighted by atomic mass is 9.95. The summed E-state index contributed by atoms with van der Waals surface area (Å²) in [6.07, 6.45) is 0.942. The molecule has 2 heteroatoms. The van der Waals surface area contributed by atoms with Crippen molar-refractivity contribution in [3.63, 3.8) is 0 Å². The van der Waals surface area contributed by atoms with E-state index < -0.39 is 0 Å². The summed E-state index contributed by atoms with van der Waals surface area (Å²) in [5.41, 5.74) is 5.07. The van der Waals surface area contributed by atoms with Crippen LogP contribution in [0.4, 0.5) is 0 Å². The Hall–Kier alpha value is -1.31. The number of aryl methyl sites for hydroxylation is 1. The summed E-state index contributed by atoms with van der Waals surface area (Å²) in [6, 6.07) is 15.4. The molecule has 2 aromatic carbocycles. The molecule has 1 unspecified atom stereocenters. The van der Waals surface area contributed by atoms with Crippen LogP contribution in [0.1, 0.15) is 48.1 Å². The average Bonchev–Trinajstić information content (AvgIpc) is 2.46. The molecule has 1 N–H and O–H groups in total. The number of benzene rings is 2. The minimum atomic E-state index is 0.239. The molecule has 2 rings (SSSR count). The highest BCUT2D eigenvalue weighted by atomic mass is 35.5. The van der Waals surface area contributed by atoms with Gasteiger partial charge in [0.15, 0.2) is 0 Å². The molecular weight excluding hydrogens is 278 g/mol. The highest BCUT2D eigenvalue weighted by molar-refractivity contribution is 6.31. The third-order valence-corrected chi connectivity index (χ3v) is 4.29. The van der Waals surface area contributed by atoms with E-state index in [1.807, 2.05) is 13.1 Å². The van der Waals surface area contributed by atoms with Gasteiger partial charge in [0, 0.05) is 11.1 Å². The first-order valence-corrected chi connectivity index (χ1v) is 7.91. The van der Waals surface area contributed by atoms with Crippen LogP contribution < -0.4 is 5.32 Å². The molecule has 0 aromatic heterocycles. The fourth-order valence-corrected chi connectivity index (χ4v) is 2.92. The van der Waals surface area contributed by atoms with Crippen molar-refractivity contribution in [2.45, 2.75) is 39.2 Å². The molecule has 0 bridgehead atoms. The van der Waals surface area contributed by atoms with Gasteiger partial charge in [-0.1, -0.05) is 61.8 Å². The quantitative estimate of drug-likeness (QED) is 0.792. The Balaban J connectivity index is 2.18. The summed E-state index contributed by atoms with van der Waals surface area (Å²) in [4.78, 5) is 0. The van der Waals surface area contributed by atoms with Gasteiger partial charge in [0.2, 0.25) is 0 Å². The molecule has 112 valence electrons. The molecule has 0 saturated carbocycles. The smallest absolute Gasteiger partial charge is 0.0456 e. The topological polar surface area (TPSA) is 12.0 Å². The van der Waals surface area contributed by atoms with E-state index in [4.69, 9.17) is 11.6 Å². The summed E-state index contributed by atoms with van der Waals surface area (Å²) >= 11 is 6.40. The minimum Gasteiger partial charge on any atom is -0.313 e. The van der Waals surface area contributed by atoms with E-state index in [2.05, 4.69) is 62.5 Å². The summed E-state index contributed by atoms with van der Waals surface area (Å²) in [6.45, 7) is 6.50. The number of likely N-dealkylation sites (N-methyl/N-ethyl adjacent to an activating group) is 1. The SMILES string of the molecule is CNC(Cc1ccc(C(C)C)cc1)c1ccc(C)cc1Cl. The Kier molecular flexibility index (Phi) is 5.44. The van der Waals surface area contributed by atoms with Gasteiger partial charge in [-0.2, -0.15) is 0 Å². The number of hydrogen-bond donors (Lipinski definition) is 1. The van der Waals surface area contributed by atoms with Gasteiger partial charge in [0.25, 0.3) is 0 Å². The van der Waals surface area contributed by atoms with Crippen LogP contribution in [0, 0.1) is 6.92 Å². The lowest BCUT2D eigenvalue weighted by Gasteiger charge is -2.19. The number of nitrogens with one attached hydrogen (secondary N) is 1. The van der Waals surface area contributed by atoms with E-state index in [-0.39, 0.29) is 6.04 Å². The Bertz CT molecular complexity index is 587. The standard InChI is InChI=1S/C19H24ClN/c1-13(2)16-8-6-15(7-9-16)12-19(21-4)17-10-5-14(3)11-18(17)20/h5-11,13,19,21H,12H2,1-4H3. The Morgan fingerprint density at radius 1 is 1.05 bits per heavy atom. The van der Waals surface area contributed by atoms with Gasteiger partial charge in [0.05, 0.1) is 0 Å². The van der Waals surface area contributed by atoms with E-state index in [9.17, 15) is 0 Å². The maximum absolute atomic E-state index is 6.40. The molecule has 1 nitrogen and oxygen atoms in total. The van der Waals surface area contributed by atoms with Crippen LogP contribution in [0.5, 0.6) is 0 Å². The van der Waals surface area contributed by atoms with Crippen molar-refractivity contribution in [3.8, 4) is 0 Å². The minimum absolute atomic E-state index is 0.239. The van der Waals surface area contributed by atoms with Crippen LogP contribution in [-0.2, 0) is 6.42 Å². The van der Waals surface area contributed by atoms with Crippen molar-refractivity contribution in [3.05, 3.63) is 69.7 Å². The molecule has 0 aliphatic heterocycles. The van der Waals surface area contributed by atoms with Crippen LogP contribution >= 0.6 is 11.6 Å². The van der Waals surface area contributed by atoms with Gasteiger partial charge in [-0.3, -0.25) is 0 Å². The average molecular weight is 302 g/mol. The number of rotatable bonds is 5. The second kappa shape index (κ2) is 7.11. The molecule has 0 saturated heterocycles. The predicted octanol–water partition coefficient (Wildman–Crippen LogP) is 5.28. The van der Waals surface area contributed by atoms with Crippen LogP contribution in [0.15, 0.2) is 42.5 Å². The Labute approximate surface area is 133 Å². The third-order valence-electron chi connectivity index (χ3n) is 3.97. The molecule has 0 heterocycles. The van der Waals surface area contributed by atoms with E-state index in [1.54, 1.807) is 0 Å². The Morgan fingerprint density at radius 3 is 2.24 bits per heavy atom. The van der Waals surface area contributed by atoms with Crippen molar-refractivity contribution in [1.82, 2.24) is 5.32 Å². The first-order valence-electron chi connectivity index (χ1n) is 7.53. The van der Waals surface area contributed by atoms with Crippen molar-refractivity contribution in [2.75, 3.05) is 7.05 Å². The van der Waals surface area contributed by atoms with E-state index in [1.165, 1.54) is 16.7 Å². The van der Waals surface area contributed by atoms with Crippen LogP contribution in [0.25, 0.3) is 0 Å². The molecule has 1 atom stereocenters. The van der Waals surface area contributed by atoms with Crippen molar-refractivity contribution in [1.29, 1.82) is 0 Å². The largest absolute Gasteiger partial charge is 0.313 e. The maximum Gasteiger partial charge on any atom is 0.0456 e. The molecule has 0 amide bonds. The van der Waals surface area contributed by atoms with Crippen LogP contribution in [-0.4, -0.2) is 7.05 Å². The van der Waals surface area contributed by atoms with Gasteiger partial charge in [-0.15, -0.1) is 0 Å². The number of hydrogen-bond acceptors (Lipinski definition) is 1. The monoisotopic (exact) mass is 301 g/mol. The second-order valence-corrected chi connectivity index (χ2v) is 6.37. The molecule has 0 aliphatic carbocycles. The van der Waals surface area contributed by atoms with Gasteiger partial charge < -0.3 is 5.32 Å². The summed E-state index contributed by atoms with van der Waals surface area (Å²) in [7, 11) is 1.99. The van der Waals surface area contributed by atoms with Crippen molar-refractivity contribution in [2.24, 2.45) is 0 Å². The molecule has 21 heavy (non-hydrogen) atoms. The fourth-order valence-electron chi connectivity index (χ4n) is 2.56. The highest BCUT2D eigenvalue weighted by Crippen LogP contribution is 2.27. The summed E-state index contributed by atoms with van der Waals surface area (Å²) in [5.74, 6) is 0.575. The third kappa shape index (κ3) is 4.09. The maximum atomic E-state index is 6.40. The lowest BCUT2D eigenvalue weighted by molar-refractivity contribution is 0.592. The molecular formula is C19H24ClN. The van der Waals surface area contributed by atoms with Gasteiger partial charge in [-0.05, 0) is 54.6 Å². The zero-order valence-electron chi connectivity index (χ0n) is 13.3. The lowest BCUT2D eigenvalue weighted by Crippen LogP contribution is -2.19. The second-order valence-electron chi connectivity index (χ2n) is 5.97. The normalized spacial score (nSPS) is 12.7. The van der Waals surface area contributed by atoms with Gasteiger partial charge in [-0.25, -0.2) is 0 Å². The van der Waals surface area contributed by atoms with Crippen LogP contribution in [0.3, 0.4) is 0 Å². The molecule has 2 aromatic rings. The molecule has 0 spiro atoms. The molecule has 0 radical (unpaired) electrons. The summed E-state index contributed by atoms with van der Waals surface area (Å²) < 4.78 is 0. The van der Waals surface area contributed by atoms with Crippen LogP contribution in [0.2, 0.25) is 5.02 Å². The zero-order valence-corrected chi connectivity index (χ0v) is 14.0. The summed E-state index contributed by atoms with van der Waals surface area (Å²) in [5, 5.41) is 4.22. The fraction of sp³-hybridized carbons (Fsp3) is 0.368. The van der Waals surface area contributed by atoms with E-state index in [0.717, 1.165) is 17.0 Å². The van der Waals surface area contributed by atoms with Crippen molar-refractivity contribution < 1.29 is 0 Å². The molecule has 0 aliphatic rings. The Morgan fingerprint density at radius 2 is 1.71 bits per heavy atom. The highest BCUT2D eigenvalue weighted by Gasteiger charge is 2.13. The molecule has 0 fully saturated rings. The first-order chi connectivity index (χ1) is 10.0. The van der Waals surface area contributed by atoms with E-state index in [0.29, 0.717) is 5.92 Å². The predicted molar refractivity (Wildman–Crippen MR) is 92.2 cm³/mol. The first kappa shape index (κ1) is 16.1.